The van der Waals surface area contributed by atoms with E-state index in [1.165, 1.54) is 0 Å². The standard InChI is InChI=1S/C14H14O3/c1-3-17-13-8-10(14(15)16)7-12-9(2)5-4-6-11(12)13/h4-8H,3H2,1-2H3,(H,15,16). The van der Waals surface area contributed by atoms with Crippen molar-refractivity contribution in [3.63, 3.8) is 0 Å². The Morgan fingerprint density at radius 1 is 1.29 bits per heavy atom. The lowest BCUT2D eigenvalue weighted by atomic mass is 10.0. The van der Waals surface area contributed by atoms with Gasteiger partial charge in [0.1, 0.15) is 5.75 Å². The predicted octanol–water partition coefficient (Wildman–Crippen LogP) is 3.25. The summed E-state index contributed by atoms with van der Waals surface area (Å²) in [7, 11) is 0. The molecule has 0 aromatic heterocycles. The van der Waals surface area contributed by atoms with Crippen LogP contribution in [0, 0.1) is 6.92 Å². The minimum Gasteiger partial charge on any atom is -0.493 e. The molecule has 2 rings (SSSR count). The number of hydrogen-bond donors (Lipinski definition) is 1. The highest BCUT2D eigenvalue weighted by Crippen LogP contribution is 2.29. The highest BCUT2D eigenvalue weighted by Gasteiger charge is 2.10. The molecule has 3 heteroatoms. The fourth-order valence-electron chi connectivity index (χ4n) is 1.90. The van der Waals surface area contributed by atoms with E-state index in [-0.39, 0.29) is 5.56 Å². The molecule has 0 saturated heterocycles. The number of fused-ring (bicyclic) bond motifs is 1. The second-order valence-corrected chi connectivity index (χ2v) is 3.88. The van der Waals surface area contributed by atoms with E-state index in [1.807, 2.05) is 32.0 Å². The molecule has 0 fully saturated rings. The van der Waals surface area contributed by atoms with Gasteiger partial charge in [-0.25, -0.2) is 4.79 Å². The predicted molar refractivity (Wildman–Crippen MR) is 66.8 cm³/mol. The quantitative estimate of drug-likeness (QED) is 0.880. The van der Waals surface area contributed by atoms with Crippen molar-refractivity contribution in [2.45, 2.75) is 13.8 Å². The zero-order chi connectivity index (χ0) is 12.4. The van der Waals surface area contributed by atoms with Crippen molar-refractivity contribution in [3.8, 4) is 5.75 Å². The van der Waals surface area contributed by atoms with Gasteiger partial charge in [-0.15, -0.1) is 0 Å². The Kier molecular flexibility index (Phi) is 3.00. The number of carboxylic acid groups (broad SMARTS) is 1. The van der Waals surface area contributed by atoms with Crippen LogP contribution >= 0.6 is 0 Å². The molecule has 17 heavy (non-hydrogen) atoms. The van der Waals surface area contributed by atoms with E-state index >= 15 is 0 Å². The Labute approximate surface area is 99.6 Å². The van der Waals surface area contributed by atoms with E-state index in [2.05, 4.69) is 0 Å². The van der Waals surface area contributed by atoms with Crippen LogP contribution < -0.4 is 4.74 Å². The molecule has 0 aliphatic heterocycles. The molecule has 2 aromatic rings. The van der Waals surface area contributed by atoms with E-state index in [0.29, 0.717) is 12.4 Å². The third kappa shape index (κ3) is 2.09. The van der Waals surface area contributed by atoms with Crippen LogP contribution in [0.1, 0.15) is 22.8 Å². The summed E-state index contributed by atoms with van der Waals surface area (Å²) < 4.78 is 5.50. The first kappa shape index (κ1) is 11.5. The number of benzene rings is 2. The fourth-order valence-corrected chi connectivity index (χ4v) is 1.90. The lowest BCUT2D eigenvalue weighted by Crippen LogP contribution is -2.00. The first-order valence-corrected chi connectivity index (χ1v) is 5.53. The average Bonchev–Trinajstić information content (AvgIpc) is 2.30. The maximum atomic E-state index is 11.1. The molecule has 2 aromatic carbocycles. The molecule has 0 atom stereocenters. The summed E-state index contributed by atoms with van der Waals surface area (Å²) in [5, 5.41) is 11.0. The molecule has 0 saturated carbocycles. The third-order valence-electron chi connectivity index (χ3n) is 2.72. The molecule has 1 N–H and O–H groups in total. The first-order chi connectivity index (χ1) is 8.13. The van der Waals surface area contributed by atoms with Gasteiger partial charge in [-0.05, 0) is 36.9 Å². The molecular formula is C14H14O3. The SMILES string of the molecule is CCOc1cc(C(=O)O)cc2c(C)cccc12. The summed E-state index contributed by atoms with van der Waals surface area (Å²) in [5.41, 5.74) is 1.31. The molecule has 0 aliphatic rings. The summed E-state index contributed by atoms with van der Waals surface area (Å²) in [4.78, 5) is 11.1. The Bertz CT molecular complexity index is 573. The molecule has 0 amide bonds. The highest BCUT2D eigenvalue weighted by molar-refractivity contribution is 5.98. The normalized spacial score (nSPS) is 10.5. The van der Waals surface area contributed by atoms with Crippen LogP contribution in [0.15, 0.2) is 30.3 Å². The number of aromatic carboxylic acids is 1. The molecule has 0 unspecified atom stereocenters. The van der Waals surface area contributed by atoms with Crippen molar-refractivity contribution in [1.29, 1.82) is 0 Å². The Morgan fingerprint density at radius 3 is 2.71 bits per heavy atom. The van der Waals surface area contributed by atoms with Crippen molar-refractivity contribution in [2.75, 3.05) is 6.61 Å². The van der Waals surface area contributed by atoms with Crippen LogP contribution in [0.5, 0.6) is 5.75 Å². The van der Waals surface area contributed by atoms with Crippen LogP contribution in [0.3, 0.4) is 0 Å². The number of carbonyl (C=O) groups is 1. The summed E-state index contributed by atoms with van der Waals surface area (Å²) in [6, 6.07) is 9.12. The van der Waals surface area contributed by atoms with Gasteiger partial charge in [-0.1, -0.05) is 18.2 Å². The van der Waals surface area contributed by atoms with Gasteiger partial charge in [0.15, 0.2) is 0 Å². The fraction of sp³-hybridized carbons (Fsp3) is 0.214. The van der Waals surface area contributed by atoms with Gasteiger partial charge in [0.2, 0.25) is 0 Å². The molecule has 3 nitrogen and oxygen atoms in total. The van der Waals surface area contributed by atoms with Crippen LogP contribution in [0.2, 0.25) is 0 Å². The molecule has 0 radical (unpaired) electrons. The van der Waals surface area contributed by atoms with Gasteiger partial charge in [0, 0.05) is 5.39 Å². The van der Waals surface area contributed by atoms with Crippen molar-refractivity contribution < 1.29 is 14.6 Å². The van der Waals surface area contributed by atoms with Gasteiger partial charge in [0.05, 0.1) is 12.2 Å². The van der Waals surface area contributed by atoms with E-state index < -0.39 is 5.97 Å². The molecule has 0 spiro atoms. The highest BCUT2D eigenvalue weighted by atomic mass is 16.5. The van der Waals surface area contributed by atoms with Gasteiger partial charge in [-0.2, -0.15) is 0 Å². The number of rotatable bonds is 3. The minimum absolute atomic E-state index is 0.259. The number of hydrogen-bond acceptors (Lipinski definition) is 2. The summed E-state index contributed by atoms with van der Waals surface area (Å²) in [5.74, 6) is -0.304. The molecular weight excluding hydrogens is 216 g/mol. The molecule has 88 valence electrons. The molecule has 0 heterocycles. The van der Waals surface area contributed by atoms with Gasteiger partial charge in [0.25, 0.3) is 0 Å². The topological polar surface area (TPSA) is 46.5 Å². The summed E-state index contributed by atoms with van der Waals surface area (Å²) in [6.45, 7) is 4.37. The minimum atomic E-state index is -0.934. The van der Waals surface area contributed by atoms with Crippen LogP contribution in [-0.2, 0) is 0 Å². The Hall–Kier alpha value is -2.03. The van der Waals surface area contributed by atoms with Crippen molar-refractivity contribution in [2.24, 2.45) is 0 Å². The maximum absolute atomic E-state index is 11.1. The number of aryl methyl sites for hydroxylation is 1. The Morgan fingerprint density at radius 2 is 2.06 bits per heavy atom. The van der Waals surface area contributed by atoms with Gasteiger partial charge < -0.3 is 9.84 Å². The summed E-state index contributed by atoms with van der Waals surface area (Å²) >= 11 is 0. The zero-order valence-corrected chi connectivity index (χ0v) is 9.86. The lowest BCUT2D eigenvalue weighted by Gasteiger charge is -2.10. The van der Waals surface area contributed by atoms with Crippen LogP contribution in [-0.4, -0.2) is 17.7 Å². The maximum Gasteiger partial charge on any atom is 0.335 e. The number of ether oxygens (including phenoxy) is 1. The average molecular weight is 230 g/mol. The third-order valence-corrected chi connectivity index (χ3v) is 2.72. The molecule has 0 bridgehead atoms. The van der Waals surface area contributed by atoms with Crippen molar-refractivity contribution in [3.05, 3.63) is 41.5 Å². The number of carboxylic acids is 1. The van der Waals surface area contributed by atoms with E-state index in [0.717, 1.165) is 16.3 Å². The van der Waals surface area contributed by atoms with E-state index in [1.54, 1.807) is 12.1 Å². The largest absolute Gasteiger partial charge is 0.493 e. The zero-order valence-electron chi connectivity index (χ0n) is 9.86. The first-order valence-electron chi connectivity index (χ1n) is 5.53. The van der Waals surface area contributed by atoms with Gasteiger partial charge in [-0.3, -0.25) is 0 Å². The van der Waals surface area contributed by atoms with Crippen molar-refractivity contribution in [1.82, 2.24) is 0 Å². The lowest BCUT2D eigenvalue weighted by molar-refractivity contribution is 0.0696. The second kappa shape index (κ2) is 4.45. The Balaban J connectivity index is 2.76. The summed E-state index contributed by atoms with van der Waals surface area (Å²) in [6.07, 6.45) is 0. The monoisotopic (exact) mass is 230 g/mol. The van der Waals surface area contributed by atoms with Crippen LogP contribution in [0.25, 0.3) is 10.8 Å². The van der Waals surface area contributed by atoms with E-state index in [9.17, 15) is 4.79 Å². The van der Waals surface area contributed by atoms with Crippen molar-refractivity contribution >= 4 is 16.7 Å². The second-order valence-electron chi connectivity index (χ2n) is 3.88. The van der Waals surface area contributed by atoms with Crippen LogP contribution in [0.4, 0.5) is 0 Å². The van der Waals surface area contributed by atoms with E-state index in [4.69, 9.17) is 9.84 Å². The smallest absolute Gasteiger partial charge is 0.335 e. The van der Waals surface area contributed by atoms with Gasteiger partial charge >= 0.3 is 5.97 Å². The molecule has 0 aliphatic carbocycles.